The molecular weight excluding hydrogens is 755 g/mol. The summed E-state index contributed by atoms with van der Waals surface area (Å²) in [6.45, 7) is 0. The molecule has 0 aliphatic carbocycles. The summed E-state index contributed by atoms with van der Waals surface area (Å²) in [4.78, 5) is 16.0. The second kappa shape index (κ2) is 14.7. The van der Waals surface area contributed by atoms with Crippen LogP contribution in [0.1, 0.15) is 0 Å². The van der Waals surface area contributed by atoms with Gasteiger partial charge in [-0.1, -0.05) is 164 Å². The summed E-state index contributed by atoms with van der Waals surface area (Å²) in [7, 11) is 0. The molecule has 0 fully saturated rings. The van der Waals surface area contributed by atoms with E-state index in [-0.39, 0.29) is 0 Å². The number of para-hydroxylation sites is 4. The molecule has 12 rings (SSSR count). The van der Waals surface area contributed by atoms with Gasteiger partial charge in [-0.15, -0.1) is 0 Å². The Kier molecular flexibility index (Phi) is 8.42. The van der Waals surface area contributed by atoms with Gasteiger partial charge in [-0.25, -0.2) is 15.0 Å². The molecule has 0 unspecified atom stereocenters. The van der Waals surface area contributed by atoms with E-state index in [0.717, 1.165) is 66.6 Å². The lowest BCUT2D eigenvalue weighted by Gasteiger charge is -2.13. The Morgan fingerprint density at radius 3 is 1.32 bits per heavy atom. The number of benzene rings is 9. The van der Waals surface area contributed by atoms with E-state index in [9.17, 15) is 0 Å². The average Bonchev–Trinajstić information content (AvgIpc) is 3.87. The van der Waals surface area contributed by atoms with E-state index in [2.05, 4.69) is 228 Å². The standard InChI is InChI=1S/C57H37N5/c1-4-16-38(17-5-1)39-28-30-40(31-29-39)45-22-10-11-25-49(45)57-59-55(41-33-35-53-50(36-41)47-24-13-15-27-52(47)61(53)43-18-6-2-7-19-43)58-56(60-57)42-32-34-48-46-23-12-14-26-51(46)62(54(48)37-42)44-20-8-3-9-21-44/h1-37H. The highest BCUT2D eigenvalue weighted by molar-refractivity contribution is 6.11. The third-order valence-corrected chi connectivity index (χ3v) is 12.0. The molecule has 0 N–H and O–H groups in total. The van der Waals surface area contributed by atoms with Crippen molar-refractivity contribution in [3.05, 3.63) is 224 Å². The molecule has 0 amide bonds. The van der Waals surface area contributed by atoms with Crippen LogP contribution in [-0.2, 0) is 0 Å². The van der Waals surface area contributed by atoms with Gasteiger partial charge in [0.15, 0.2) is 17.5 Å². The Bertz CT molecular complexity index is 3610. The van der Waals surface area contributed by atoms with Crippen molar-refractivity contribution >= 4 is 43.6 Å². The number of hydrogen-bond acceptors (Lipinski definition) is 3. The van der Waals surface area contributed by atoms with Crippen LogP contribution in [0.5, 0.6) is 0 Å². The third kappa shape index (κ3) is 5.98. The fourth-order valence-electron chi connectivity index (χ4n) is 9.09. The summed E-state index contributed by atoms with van der Waals surface area (Å²) in [6.07, 6.45) is 0. The van der Waals surface area contributed by atoms with Gasteiger partial charge in [0.05, 0.1) is 22.1 Å². The zero-order valence-corrected chi connectivity index (χ0v) is 33.6. The van der Waals surface area contributed by atoms with E-state index in [0.29, 0.717) is 17.5 Å². The largest absolute Gasteiger partial charge is 0.309 e. The highest BCUT2D eigenvalue weighted by atomic mass is 15.0. The fourth-order valence-corrected chi connectivity index (χ4v) is 9.09. The predicted octanol–water partition coefficient (Wildman–Crippen LogP) is 14.4. The van der Waals surface area contributed by atoms with Gasteiger partial charge in [0.25, 0.3) is 0 Å². The second-order valence-electron chi connectivity index (χ2n) is 15.6. The average molecular weight is 792 g/mol. The van der Waals surface area contributed by atoms with Crippen LogP contribution < -0.4 is 0 Å². The van der Waals surface area contributed by atoms with Gasteiger partial charge in [0.2, 0.25) is 0 Å². The molecule has 0 aliphatic rings. The molecule has 3 aromatic heterocycles. The molecule has 290 valence electrons. The van der Waals surface area contributed by atoms with Gasteiger partial charge in [-0.05, 0) is 82.9 Å². The molecule has 0 saturated carbocycles. The third-order valence-electron chi connectivity index (χ3n) is 12.0. The van der Waals surface area contributed by atoms with Gasteiger partial charge in [-0.2, -0.15) is 0 Å². The van der Waals surface area contributed by atoms with Crippen molar-refractivity contribution in [2.75, 3.05) is 0 Å². The van der Waals surface area contributed by atoms with Crippen molar-refractivity contribution in [1.82, 2.24) is 24.1 Å². The Morgan fingerprint density at radius 1 is 0.242 bits per heavy atom. The lowest BCUT2D eigenvalue weighted by Crippen LogP contribution is -2.01. The van der Waals surface area contributed by atoms with E-state index < -0.39 is 0 Å². The molecule has 0 atom stereocenters. The molecule has 0 radical (unpaired) electrons. The Hall–Kier alpha value is -8.41. The molecule has 0 saturated heterocycles. The second-order valence-corrected chi connectivity index (χ2v) is 15.6. The molecule has 3 heterocycles. The number of hydrogen-bond donors (Lipinski definition) is 0. The van der Waals surface area contributed by atoms with Gasteiger partial charge in [0, 0.05) is 49.6 Å². The Labute approximate surface area is 358 Å². The topological polar surface area (TPSA) is 48.5 Å². The van der Waals surface area contributed by atoms with E-state index in [1.54, 1.807) is 0 Å². The first-order chi connectivity index (χ1) is 30.7. The van der Waals surface area contributed by atoms with Gasteiger partial charge >= 0.3 is 0 Å². The first kappa shape index (κ1) is 35.5. The van der Waals surface area contributed by atoms with Crippen LogP contribution in [0.2, 0.25) is 0 Å². The normalized spacial score (nSPS) is 11.5. The van der Waals surface area contributed by atoms with Crippen LogP contribution in [0.4, 0.5) is 0 Å². The molecule has 12 aromatic rings. The minimum absolute atomic E-state index is 0.609. The molecule has 0 spiro atoms. The Morgan fingerprint density at radius 2 is 0.661 bits per heavy atom. The van der Waals surface area contributed by atoms with Crippen molar-refractivity contribution in [2.45, 2.75) is 0 Å². The number of fused-ring (bicyclic) bond motifs is 6. The summed E-state index contributed by atoms with van der Waals surface area (Å²) in [5, 5.41) is 4.68. The molecule has 0 bridgehead atoms. The molecular formula is C57H37N5. The zero-order valence-electron chi connectivity index (χ0n) is 33.6. The van der Waals surface area contributed by atoms with E-state index in [4.69, 9.17) is 15.0 Å². The summed E-state index contributed by atoms with van der Waals surface area (Å²) in [5.41, 5.74) is 14.0. The van der Waals surface area contributed by atoms with Gasteiger partial charge < -0.3 is 9.13 Å². The van der Waals surface area contributed by atoms with Crippen molar-refractivity contribution in [2.24, 2.45) is 0 Å². The minimum Gasteiger partial charge on any atom is -0.309 e. The van der Waals surface area contributed by atoms with Gasteiger partial charge in [0.1, 0.15) is 0 Å². The van der Waals surface area contributed by atoms with Crippen molar-refractivity contribution in [1.29, 1.82) is 0 Å². The van der Waals surface area contributed by atoms with E-state index in [1.807, 2.05) is 6.07 Å². The number of nitrogens with zero attached hydrogens (tertiary/aromatic N) is 5. The molecule has 5 heteroatoms. The van der Waals surface area contributed by atoms with Crippen LogP contribution in [0.25, 0.3) is 111 Å². The summed E-state index contributed by atoms with van der Waals surface area (Å²) >= 11 is 0. The monoisotopic (exact) mass is 791 g/mol. The van der Waals surface area contributed by atoms with Crippen LogP contribution in [0, 0.1) is 0 Å². The molecule has 9 aromatic carbocycles. The number of rotatable bonds is 7. The lowest BCUT2D eigenvalue weighted by atomic mass is 9.96. The first-order valence-electron chi connectivity index (χ1n) is 20.9. The highest BCUT2D eigenvalue weighted by Gasteiger charge is 2.20. The van der Waals surface area contributed by atoms with E-state index in [1.165, 1.54) is 27.3 Å². The Balaban J connectivity index is 1.07. The predicted molar refractivity (Wildman–Crippen MR) is 256 cm³/mol. The smallest absolute Gasteiger partial charge is 0.164 e. The SMILES string of the molecule is c1ccc(-c2ccc(-c3ccccc3-c3nc(-c4ccc5c(c4)c4ccccc4n5-c4ccccc4)nc(-c4ccc5c6ccccc6n(-c6ccccc6)c5c4)n3)cc2)cc1. The van der Waals surface area contributed by atoms with Crippen LogP contribution in [-0.4, -0.2) is 24.1 Å². The quantitative estimate of drug-likeness (QED) is 0.162. The fraction of sp³-hybridized carbons (Fsp3) is 0. The van der Waals surface area contributed by atoms with Crippen molar-refractivity contribution in [3.63, 3.8) is 0 Å². The summed E-state index contributed by atoms with van der Waals surface area (Å²) in [5.74, 6) is 1.84. The maximum absolute atomic E-state index is 5.33. The zero-order chi connectivity index (χ0) is 41.0. The summed E-state index contributed by atoms with van der Waals surface area (Å²) < 4.78 is 4.67. The van der Waals surface area contributed by atoms with Crippen LogP contribution >= 0.6 is 0 Å². The maximum atomic E-state index is 5.33. The molecule has 0 aliphatic heterocycles. The maximum Gasteiger partial charge on any atom is 0.164 e. The van der Waals surface area contributed by atoms with Crippen LogP contribution in [0.3, 0.4) is 0 Å². The van der Waals surface area contributed by atoms with Gasteiger partial charge in [-0.3, -0.25) is 0 Å². The van der Waals surface area contributed by atoms with E-state index >= 15 is 0 Å². The summed E-state index contributed by atoms with van der Waals surface area (Å²) in [6, 6.07) is 79.2. The molecule has 5 nitrogen and oxygen atoms in total. The molecule has 62 heavy (non-hydrogen) atoms. The number of aromatic nitrogens is 5. The first-order valence-corrected chi connectivity index (χ1v) is 20.9. The van der Waals surface area contributed by atoms with Crippen molar-refractivity contribution in [3.8, 4) is 67.8 Å². The van der Waals surface area contributed by atoms with Crippen molar-refractivity contribution < 1.29 is 0 Å². The highest BCUT2D eigenvalue weighted by Crippen LogP contribution is 2.39. The minimum atomic E-state index is 0.609. The lowest BCUT2D eigenvalue weighted by molar-refractivity contribution is 1.07. The van der Waals surface area contributed by atoms with Crippen LogP contribution in [0.15, 0.2) is 224 Å².